The fourth-order valence-corrected chi connectivity index (χ4v) is 6.45. The maximum Gasteiger partial charge on any atom is 0.165 e. The maximum absolute atomic E-state index is 5.33. The molecule has 4 heteroatoms. The van der Waals surface area contributed by atoms with Crippen molar-refractivity contribution >= 4 is 54.0 Å². The van der Waals surface area contributed by atoms with Gasteiger partial charge in [0, 0.05) is 28.3 Å². The maximum atomic E-state index is 5.33. The molecule has 0 spiro atoms. The molecule has 0 saturated carbocycles. The van der Waals surface area contributed by atoms with E-state index in [-0.39, 0.29) is 0 Å². The highest BCUT2D eigenvalue weighted by atomic mass is 15.0. The topological polar surface area (TPSA) is 51.6 Å². The van der Waals surface area contributed by atoms with Crippen molar-refractivity contribution < 1.29 is 0 Å². The van der Waals surface area contributed by atoms with Crippen LogP contribution in [0.5, 0.6) is 0 Å². The fraction of sp³-hybridized carbons (Fsp3) is 0. The third kappa shape index (κ3) is 3.92. The van der Waals surface area contributed by atoms with Gasteiger partial charge in [-0.1, -0.05) is 103 Å². The zero-order valence-electron chi connectivity index (χ0n) is 23.6. The fourth-order valence-electron chi connectivity index (χ4n) is 6.45. The zero-order chi connectivity index (χ0) is 29.0. The molecule has 0 amide bonds. The molecule has 0 fully saturated rings. The second kappa shape index (κ2) is 9.79. The van der Waals surface area contributed by atoms with Crippen LogP contribution in [-0.2, 0) is 0 Å². The van der Waals surface area contributed by atoms with Crippen LogP contribution in [0.2, 0.25) is 0 Å². The second-order valence-electron chi connectivity index (χ2n) is 11.1. The standard InChI is InChI=1S/C40H24N4/c1-5-15-31-25(10-1)22-26-11-2-6-16-32(26)36(31)39-42-38(30-19-20-35-29(24-30)14-9-21-41-35)43-40(44-39)37-33-17-7-3-12-27(33)23-28-13-4-8-18-34(28)37/h1-24H. The first-order valence-corrected chi connectivity index (χ1v) is 14.7. The smallest absolute Gasteiger partial charge is 0.165 e. The number of pyridine rings is 1. The summed E-state index contributed by atoms with van der Waals surface area (Å²) < 4.78 is 0. The molecular weight excluding hydrogens is 536 g/mol. The quantitative estimate of drug-likeness (QED) is 0.202. The van der Waals surface area contributed by atoms with Gasteiger partial charge in [0.05, 0.1) is 5.52 Å². The number of fused-ring (bicyclic) bond motifs is 5. The van der Waals surface area contributed by atoms with Gasteiger partial charge >= 0.3 is 0 Å². The van der Waals surface area contributed by atoms with Crippen LogP contribution in [-0.4, -0.2) is 19.9 Å². The van der Waals surface area contributed by atoms with Crippen LogP contribution in [0.4, 0.5) is 0 Å². The summed E-state index contributed by atoms with van der Waals surface area (Å²) in [5.74, 6) is 1.94. The van der Waals surface area contributed by atoms with E-state index in [2.05, 4.69) is 132 Å². The minimum Gasteiger partial charge on any atom is -0.256 e. The Hall–Kier alpha value is -6.00. The summed E-state index contributed by atoms with van der Waals surface area (Å²) >= 11 is 0. The van der Waals surface area contributed by atoms with E-state index in [0.717, 1.165) is 70.7 Å². The van der Waals surface area contributed by atoms with Crippen LogP contribution in [0, 0.1) is 0 Å². The van der Waals surface area contributed by atoms with Crippen molar-refractivity contribution in [1.82, 2.24) is 19.9 Å². The Bertz CT molecular complexity index is 2320. The molecule has 0 aliphatic carbocycles. The molecule has 0 N–H and O–H groups in total. The van der Waals surface area contributed by atoms with E-state index in [4.69, 9.17) is 15.0 Å². The summed E-state index contributed by atoms with van der Waals surface area (Å²) in [5, 5.41) is 10.1. The van der Waals surface area contributed by atoms with Crippen molar-refractivity contribution in [3.05, 3.63) is 146 Å². The molecule has 2 aromatic heterocycles. The van der Waals surface area contributed by atoms with Gasteiger partial charge in [0.15, 0.2) is 17.5 Å². The average Bonchev–Trinajstić information content (AvgIpc) is 3.09. The molecule has 2 heterocycles. The third-order valence-electron chi connectivity index (χ3n) is 8.49. The van der Waals surface area contributed by atoms with Crippen molar-refractivity contribution in [2.75, 3.05) is 0 Å². The van der Waals surface area contributed by atoms with E-state index >= 15 is 0 Å². The number of nitrogens with zero attached hydrogens (tertiary/aromatic N) is 4. The minimum absolute atomic E-state index is 0.629. The number of benzene rings is 7. The summed E-state index contributed by atoms with van der Waals surface area (Å²) in [5.41, 5.74) is 3.88. The molecule has 44 heavy (non-hydrogen) atoms. The molecule has 9 aromatic rings. The summed E-state index contributed by atoms with van der Waals surface area (Å²) in [4.78, 5) is 20.3. The van der Waals surface area contributed by atoms with Crippen molar-refractivity contribution in [1.29, 1.82) is 0 Å². The molecule has 0 aliphatic heterocycles. The molecule has 204 valence electrons. The first-order valence-electron chi connectivity index (χ1n) is 14.7. The van der Waals surface area contributed by atoms with Crippen molar-refractivity contribution in [2.24, 2.45) is 0 Å². The zero-order valence-corrected chi connectivity index (χ0v) is 23.6. The van der Waals surface area contributed by atoms with E-state index in [9.17, 15) is 0 Å². The van der Waals surface area contributed by atoms with Crippen LogP contribution in [0.3, 0.4) is 0 Å². The van der Waals surface area contributed by atoms with Gasteiger partial charge in [-0.2, -0.15) is 0 Å². The van der Waals surface area contributed by atoms with Crippen LogP contribution in [0.15, 0.2) is 146 Å². The van der Waals surface area contributed by atoms with Crippen molar-refractivity contribution in [3.63, 3.8) is 0 Å². The van der Waals surface area contributed by atoms with Crippen molar-refractivity contribution in [3.8, 4) is 34.2 Å². The highest BCUT2D eigenvalue weighted by Gasteiger charge is 2.20. The van der Waals surface area contributed by atoms with Gasteiger partial charge in [-0.25, -0.2) is 15.0 Å². The van der Waals surface area contributed by atoms with Gasteiger partial charge in [-0.3, -0.25) is 4.98 Å². The van der Waals surface area contributed by atoms with Crippen LogP contribution >= 0.6 is 0 Å². The van der Waals surface area contributed by atoms with E-state index in [0.29, 0.717) is 17.5 Å². The van der Waals surface area contributed by atoms with E-state index < -0.39 is 0 Å². The summed E-state index contributed by atoms with van der Waals surface area (Å²) in [6.45, 7) is 0. The van der Waals surface area contributed by atoms with Gasteiger partial charge in [0.25, 0.3) is 0 Å². The predicted octanol–water partition coefficient (Wildman–Crippen LogP) is 10.0. The lowest BCUT2D eigenvalue weighted by atomic mass is 9.95. The molecule has 0 saturated heterocycles. The Morgan fingerprint density at radius 3 is 1.27 bits per heavy atom. The molecular formula is C40H24N4. The number of aromatic nitrogens is 4. The Kier molecular flexibility index (Phi) is 5.47. The Labute approximate surface area is 253 Å². The van der Waals surface area contributed by atoms with Gasteiger partial charge in [-0.15, -0.1) is 0 Å². The number of rotatable bonds is 3. The lowest BCUT2D eigenvalue weighted by molar-refractivity contribution is 1.08. The first kappa shape index (κ1) is 24.6. The normalized spacial score (nSPS) is 11.6. The monoisotopic (exact) mass is 560 g/mol. The van der Waals surface area contributed by atoms with E-state index in [1.165, 1.54) is 0 Å². The summed E-state index contributed by atoms with van der Waals surface area (Å²) in [7, 11) is 0. The largest absolute Gasteiger partial charge is 0.256 e. The van der Waals surface area contributed by atoms with Crippen LogP contribution in [0.25, 0.3) is 88.2 Å². The number of hydrogen-bond donors (Lipinski definition) is 0. The molecule has 7 aromatic carbocycles. The molecule has 0 atom stereocenters. The van der Waals surface area contributed by atoms with E-state index in [1.807, 2.05) is 18.3 Å². The highest BCUT2D eigenvalue weighted by Crippen LogP contribution is 2.39. The Balaban J connectivity index is 1.43. The van der Waals surface area contributed by atoms with Gasteiger partial charge in [0.2, 0.25) is 0 Å². The van der Waals surface area contributed by atoms with Crippen LogP contribution in [0.1, 0.15) is 0 Å². The second-order valence-corrected chi connectivity index (χ2v) is 11.1. The van der Waals surface area contributed by atoms with Gasteiger partial charge in [-0.05, 0) is 79.5 Å². The highest BCUT2D eigenvalue weighted by molar-refractivity contribution is 6.13. The number of hydrogen-bond acceptors (Lipinski definition) is 4. The Morgan fingerprint density at radius 2 is 0.773 bits per heavy atom. The molecule has 4 nitrogen and oxygen atoms in total. The molecule has 0 unspecified atom stereocenters. The molecule has 0 aliphatic rings. The van der Waals surface area contributed by atoms with Crippen LogP contribution < -0.4 is 0 Å². The Morgan fingerprint density at radius 1 is 0.341 bits per heavy atom. The van der Waals surface area contributed by atoms with E-state index in [1.54, 1.807) is 0 Å². The molecule has 9 rings (SSSR count). The third-order valence-corrected chi connectivity index (χ3v) is 8.49. The minimum atomic E-state index is 0.629. The lowest BCUT2D eigenvalue weighted by Crippen LogP contribution is -2.02. The summed E-state index contributed by atoms with van der Waals surface area (Å²) in [6, 6.07) is 48.6. The van der Waals surface area contributed by atoms with Gasteiger partial charge in [0.1, 0.15) is 0 Å². The van der Waals surface area contributed by atoms with Gasteiger partial charge < -0.3 is 0 Å². The average molecular weight is 561 g/mol. The summed E-state index contributed by atoms with van der Waals surface area (Å²) in [6.07, 6.45) is 1.82. The first-order chi connectivity index (χ1) is 21.8. The molecule has 0 radical (unpaired) electrons. The van der Waals surface area contributed by atoms with Crippen molar-refractivity contribution in [2.45, 2.75) is 0 Å². The molecule has 0 bridgehead atoms. The lowest BCUT2D eigenvalue weighted by Gasteiger charge is -2.15. The predicted molar refractivity (Wildman–Crippen MR) is 181 cm³/mol. The SMILES string of the molecule is c1cnc2ccc(-c3nc(-c4c5ccccc5cc5ccccc45)nc(-c4c5ccccc5cc5ccccc45)n3)cc2c1.